The number of nitrogens with one attached hydrogen (secondary N) is 1. The molecule has 0 saturated carbocycles. The van der Waals surface area contributed by atoms with E-state index in [4.69, 9.17) is 14.2 Å². The van der Waals surface area contributed by atoms with Gasteiger partial charge in [-0.2, -0.15) is 0 Å². The number of carbonyl (C=O) groups excluding carboxylic acids is 3. The van der Waals surface area contributed by atoms with Crippen LogP contribution >= 0.6 is 0 Å². The van der Waals surface area contributed by atoms with Crippen LogP contribution in [-0.4, -0.2) is 69.9 Å². The van der Waals surface area contributed by atoms with Crippen LogP contribution in [0.3, 0.4) is 0 Å². The molecule has 0 bridgehead atoms. The van der Waals surface area contributed by atoms with Gasteiger partial charge in [0.1, 0.15) is 12.4 Å². The quantitative estimate of drug-likeness (QED) is 0.696. The summed E-state index contributed by atoms with van der Waals surface area (Å²) in [5, 5.41) is 2.89. The number of hydrogen-bond acceptors (Lipinski definition) is 8. The molecule has 2 aliphatic heterocycles. The molecule has 0 aromatic heterocycles. The number of ether oxygens (including phenoxy) is 3. The van der Waals surface area contributed by atoms with Crippen LogP contribution in [0.1, 0.15) is 19.3 Å². The van der Waals surface area contributed by atoms with Crippen LogP contribution in [0.4, 0.5) is 11.4 Å². The summed E-state index contributed by atoms with van der Waals surface area (Å²) in [6.07, 6.45) is 3.48. The molecule has 162 valence electrons. The number of esters is 2. The van der Waals surface area contributed by atoms with Gasteiger partial charge >= 0.3 is 11.9 Å². The maximum absolute atomic E-state index is 12.3. The van der Waals surface area contributed by atoms with Gasteiger partial charge in [-0.3, -0.25) is 9.69 Å². The lowest BCUT2D eigenvalue weighted by Crippen LogP contribution is -2.38. The number of piperidine rings is 1. The van der Waals surface area contributed by atoms with Gasteiger partial charge in [-0.05, 0) is 50.2 Å². The Morgan fingerprint density at radius 1 is 1.00 bits per heavy atom. The number of amides is 1. The molecule has 0 radical (unpaired) electrons. The third-order valence-electron chi connectivity index (χ3n) is 5.11. The molecular weight excluding hydrogens is 390 g/mol. The highest BCUT2D eigenvalue weighted by Gasteiger charge is 2.32. The molecule has 0 aliphatic carbocycles. The van der Waals surface area contributed by atoms with Crippen LogP contribution < -0.4 is 10.2 Å². The summed E-state index contributed by atoms with van der Waals surface area (Å²) in [7, 11) is 2.49. The zero-order valence-corrected chi connectivity index (χ0v) is 17.3. The van der Waals surface area contributed by atoms with Crippen molar-refractivity contribution in [1.29, 1.82) is 0 Å². The van der Waals surface area contributed by atoms with E-state index in [2.05, 4.69) is 10.2 Å². The van der Waals surface area contributed by atoms with Crippen molar-refractivity contribution in [3.63, 3.8) is 0 Å². The largest absolute Gasteiger partial charge is 0.466 e. The Balaban J connectivity index is 1.73. The second kappa shape index (κ2) is 10.2. The first-order valence-corrected chi connectivity index (χ1v) is 9.91. The Bertz CT molecular complexity index is 815. The van der Waals surface area contributed by atoms with Crippen LogP contribution in [0.25, 0.3) is 0 Å². The van der Waals surface area contributed by atoms with Crippen molar-refractivity contribution in [3.05, 3.63) is 35.5 Å². The van der Waals surface area contributed by atoms with E-state index < -0.39 is 11.9 Å². The molecule has 2 heterocycles. The van der Waals surface area contributed by atoms with E-state index in [1.54, 1.807) is 29.2 Å². The molecule has 0 atom stereocenters. The molecular formula is C21H27N3O6. The zero-order chi connectivity index (χ0) is 21.5. The third kappa shape index (κ3) is 5.17. The van der Waals surface area contributed by atoms with Crippen LogP contribution in [0.15, 0.2) is 35.5 Å². The number of rotatable bonds is 6. The fraction of sp³-hybridized carbons (Fsp3) is 0.476. The predicted molar refractivity (Wildman–Crippen MR) is 110 cm³/mol. The minimum absolute atomic E-state index is 0.0434. The molecule has 0 spiro atoms. The second-order valence-electron chi connectivity index (χ2n) is 7.15. The first-order valence-electron chi connectivity index (χ1n) is 9.91. The molecule has 1 amide bonds. The normalized spacial score (nSPS) is 17.5. The topological polar surface area (TPSA) is 97.4 Å². The van der Waals surface area contributed by atoms with E-state index in [0.29, 0.717) is 17.9 Å². The average molecular weight is 417 g/mol. The van der Waals surface area contributed by atoms with Crippen molar-refractivity contribution in [2.75, 3.05) is 57.4 Å². The molecule has 1 aromatic carbocycles. The first-order chi connectivity index (χ1) is 14.5. The van der Waals surface area contributed by atoms with Crippen molar-refractivity contribution in [1.82, 2.24) is 4.90 Å². The van der Waals surface area contributed by atoms with Gasteiger partial charge in [-0.15, -0.1) is 0 Å². The SMILES string of the molecule is COC(=O)C1=C(C(=O)OC)N(c2ccc(NC(=O)CN3CCCCC3)cc2)COC1. The van der Waals surface area contributed by atoms with E-state index in [0.717, 1.165) is 25.9 Å². The van der Waals surface area contributed by atoms with E-state index >= 15 is 0 Å². The van der Waals surface area contributed by atoms with Gasteiger partial charge in [-0.1, -0.05) is 6.42 Å². The monoisotopic (exact) mass is 417 g/mol. The number of likely N-dealkylation sites (tertiary alicyclic amines) is 1. The summed E-state index contributed by atoms with van der Waals surface area (Å²) in [6, 6.07) is 6.96. The van der Waals surface area contributed by atoms with E-state index in [-0.39, 0.29) is 30.5 Å². The van der Waals surface area contributed by atoms with Crippen molar-refractivity contribution in [2.24, 2.45) is 0 Å². The number of benzene rings is 1. The minimum Gasteiger partial charge on any atom is -0.466 e. The van der Waals surface area contributed by atoms with Crippen LogP contribution in [-0.2, 0) is 28.6 Å². The minimum atomic E-state index is -0.655. The van der Waals surface area contributed by atoms with Gasteiger partial charge in [0.05, 0.1) is 32.9 Å². The lowest BCUT2D eigenvalue weighted by molar-refractivity contribution is -0.140. The van der Waals surface area contributed by atoms with E-state index in [1.165, 1.54) is 20.6 Å². The van der Waals surface area contributed by atoms with Crippen LogP contribution in [0, 0.1) is 0 Å². The summed E-state index contributed by atoms with van der Waals surface area (Å²) in [5.41, 5.74) is 1.44. The smallest absolute Gasteiger partial charge is 0.355 e. The summed E-state index contributed by atoms with van der Waals surface area (Å²) < 4.78 is 15.1. The van der Waals surface area contributed by atoms with Crippen LogP contribution in [0.5, 0.6) is 0 Å². The number of carbonyl (C=O) groups is 3. The summed E-state index contributed by atoms with van der Waals surface area (Å²) in [5.74, 6) is -1.37. The van der Waals surface area contributed by atoms with E-state index in [1.807, 2.05) is 0 Å². The lowest BCUT2D eigenvalue weighted by Gasteiger charge is -2.31. The molecule has 2 aliphatic rings. The zero-order valence-electron chi connectivity index (χ0n) is 17.3. The fourth-order valence-corrected chi connectivity index (χ4v) is 3.59. The Labute approximate surface area is 175 Å². The van der Waals surface area contributed by atoms with Gasteiger partial charge < -0.3 is 24.4 Å². The van der Waals surface area contributed by atoms with Gasteiger partial charge in [0.15, 0.2) is 0 Å². The number of anilines is 2. The molecule has 1 saturated heterocycles. The van der Waals surface area contributed by atoms with Gasteiger partial charge in [0.2, 0.25) is 5.91 Å². The number of nitrogens with zero attached hydrogens (tertiary/aromatic N) is 2. The summed E-state index contributed by atoms with van der Waals surface area (Å²) in [6.45, 7) is 2.31. The molecule has 1 N–H and O–H groups in total. The number of hydrogen-bond donors (Lipinski definition) is 1. The third-order valence-corrected chi connectivity index (χ3v) is 5.11. The van der Waals surface area contributed by atoms with Gasteiger partial charge in [0, 0.05) is 11.4 Å². The molecule has 0 unspecified atom stereocenters. The Morgan fingerprint density at radius 2 is 1.67 bits per heavy atom. The van der Waals surface area contributed by atoms with Crippen molar-refractivity contribution in [2.45, 2.75) is 19.3 Å². The molecule has 3 rings (SSSR count). The highest BCUT2D eigenvalue weighted by Crippen LogP contribution is 2.27. The summed E-state index contributed by atoms with van der Waals surface area (Å²) >= 11 is 0. The summed E-state index contributed by atoms with van der Waals surface area (Å²) in [4.78, 5) is 40.4. The van der Waals surface area contributed by atoms with Crippen molar-refractivity contribution in [3.8, 4) is 0 Å². The average Bonchev–Trinajstić information content (AvgIpc) is 2.78. The van der Waals surface area contributed by atoms with Gasteiger partial charge in [0.25, 0.3) is 0 Å². The maximum Gasteiger partial charge on any atom is 0.355 e. The molecule has 30 heavy (non-hydrogen) atoms. The Hall–Kier alpha value is -2.91. The van der Waals surface area contributed by atoms with Crippen molar-refractivity contribution < 1.29 is 28.6 Å². The highest BCUT2D eigenvalue weighted by molar-refractivity contribution is 6.03. The van der Waals surface area contributed by atoms with Crippen LogP contribution in [0.2, 0.25) is 0 Å². The molecule has 9 nitrogen and oxygen atoms in total. The maximum atomic E-state index is 12.3. The van der Waals surface area contributed by atoms with Crippen molar-refractivity contribution >= 4 is 29.2 Å². The predicted octanol–water partition coefficient (Wildman–Crippen LogP) is 1.51. The molecule has 9 heteroatoms. The van der Waals surface area contributed by atoms with Gasteiger partial charge in [-0.25, -0.2) is 9.59 Å². The Morgan fingerprint density at radius 3 is 2.30 bits per heavy atom. The first kappa shape index (κ1) is 21.8. The number of methoxy groups -OCH3 is 2. The molecule has 1 fully saturated rings. The van der Waals surface area contributed by atoms with E-state index in [9.17, 15) is 14.4 Å². The molecule has 1 aromatic rings. The second-order valence-corrected chi connectivity index (χ2v) is 7.15. The fourth-order valence-electron chi connectivity index (χ4n) is 3.59. The Kier molecular flexibility index (Phi) is 7.42. The standard InChI is InChI=1S/C21H27N3O6/c1-28-20(26)17-13-30-14-24(19(17)21(27)29-2)16-8-6-15(7-9-16)22-18(25)12-23-10-4-3-5-11-23/h6-9H,3-5,10-14H2,1-2H3,(H,22,25). The highest BCUT2D eigenvalue weighted by atomic mass is 16.5. The lowest BCUT2D eigenvalue weighted by atomic mass is 10.1.